The summed E-state index contributed by atoms with van der Waals surface area (Å²) >= 11 is 1.97. The zero-order valence-electron chi connectivity index (χ0n) is 11.5. The van der Waals surface area contributed by atoms with Gasteiger partial charge in [-0.3, -0.25) is 11.3 Å². The monoisotopic (exact) mass is 274 g/mol. The van der Waals surface area contributed by atoms with E-state index in [0.29, 0.717) is 17.2 Å². The summed E-state index contributed by atoms with van der Waals surface area (Å²) in [5.74, 6) is 7.43. The average molecular weight is 274 g/mol. The maximum absolute atomic E-state index is 5.98. The minimum absolute atomic E-state index is 0.0134. The zero-order valence-corrected chi connectivity index (χ0v) is 12.3. The summed E-state index contributed by atoms with van der Waals surface area (Å²) in [6.07, 6.45) is 3.23. The summed E-state index contributed by atoms with van der Waals surface area (Å²) in [6, 6.07) is 0.388. The summed E-state index contributed by atoms with van der Waals surface area (Å²) in [6.45, 7) is 6.91. The van der Waals surface area contributed by atoms with E-state index in [4.69, 9.17) is 15.3 Å². The van der Waals surface area contributed by atoms with Gasteiger partial charge in [-0.2, -0.15) is 11.8 Å². The lowest BCUT2D eigenvalue weighted by molar-refractivity contribution is -0.102. The van der Waals surface area contributed by atoms with Crippen LogP contribution in [0.2, 0.25) is 0 Å². The fraction of sp³-hybridized carbons (Fsp3) is 1.00. The van der Waals surface area contributed by atoms with Crippen molar-refractivity contribution in [2.24, 2.45) is 11.8 Å². The molecular weight excluding hydrogens is 248 g/mol. The second kappa shape index (κ2) is 6.57. The molecule has 1 spiro atoms. The van der Waals surface area contributed by atoms with Crippen molar-refractivity contribution in [3.05, 3.63) is 0 Å². The van der Waals surface area contributed by atoms with Crippen LogP contribution in [0.25, 0.3) is 0 Å². The molecule has 0 radical (unpaired) electrons. The molecular formula is C13H26N2O2S. The van der Waals surface area contributed by atoms with Gasteiger partial charge in [-0.15, -0.1) is 0 Å². The molecule has 0 aliphatic carbocycles. The second-order valence-electron chi connectivity index (χ2n) is 5.74. The van der Waals surface area contributed by atoms with E-state index >= 15 is 0 Å². The van der Waals surface area contributed by atoms with Gasteiger partial charge in [-0.25, -0.2) is 0 Å². The molecule has 5 heteroatoms. The van der Waals surface area contributed by atoms with Crippen LogP contribution in [0.3, 0.4) is 0 Å². The Kier molecular flexibility index (Phi) is 5.33. The molecule has 3 unspecified atom stereocenters. The lowest BCUT2D eigenvalue weighted by Crippen LogP contribution is -2.50. The van der Waals surface area contributed by atoms with Crippen molar-refractivity contribution in [3.63, 3.8) is 0 Å². The average Bonchev–Trinajstić information content (AvgIpc) is 2.78. The van der Waals surface area contributed by atoms with E-state index in [1.807, 2.05) is 11.8 Å². The van der Waals surface area contributed by atoms with Gasteiger partial charge >= 0.3 is 0 Å². The summed E-state index contributed by atoms with van der Waals surface area (Å²) < 4.78 is 11.5. The van der Waals surface area contributed by atoms with Crippen molar-refractivity contribution in [1.82, 2.24) is 5.43 Å². The van der Waals surface area contributed by atoms with E-state index in [-0.39, 0.29) is 5.60 Å². The summed E-state index contributed by atoms with van der Waals surface area (Å²) in [5, 5.41) is 0.657. The van der Waals surface area contributed by atoms with Crippen molar-refractivity contribution < 1.29 is 9.47 Å². The lowest BCUT2D eigenvalue weighted by atomic mass is 9.82. The highest BCUT2D eigenvalue weighted by molar-refractivity contribution is 7.99. The number of thioether (sulfide) groups is 1. The number of hydrazine groups is 1. The molecule has 2 aliphatic rings. The van der Waals surface area contributed by atoms with Crippen LogP contribution in [-0.2, 0) is 9.47 Å². The van der Waals surface area contributed by atoms with Crippen LogP contribution in [-0.4, -0.2) is 42.5 Å². The molecule has 18 heavy (non-hydrogen) atoms. The molecule has 4 nitrogen and oxygen atoms in total. The Labute approximate surface area is 114 Å². The van der Waals surface area contributed by atoms with Crippen LogP contribution in [0, 0.1) is 5.92 Å². The van der Waals surface area contributed by atoms with E-state index in [9.17, 15) is 0 Å². The first-order chi connectivity index (χ1) is 8.65. The van der Waals surface area contributed by atoms with Gasteiger partial charge in [0.1, 0.15) is 0 Å². The number of rotatable bonds is 5. The molecule has 2 fully saturated rings. The van der Waals surface area contributed by atoms with Crippen LogP contribution in [0.1, 0.15) is 33.1 Å². The zero-order chi connectivity index (χ0) is 13.0. The SMILES string of the molecule is CC(C)SCC(NN)C1CCOC2(CCOC2)C1. The maximum Gasteiger partial charge on any atom is 0.0939 e. The minimum atomic E-state index is -0.0134. The first kappa shape index (κ1) is 14.6. The van der Waals surface area contributed by atoms with Crippen molar-refractivity contribution >= 4 is 11.8 Å². The standard InChI is InChI=1S/C13H26N2O2S/c1-10(2)18-8-12(15-14)11-3-5-17-13(7-11)4-6-16-9-13/h10-12,15H,3-9,14H2,1-2H3. The largest absolute Gasteiger partial charge is 0.378 e. The molecule has 0 aromatic carbocycles. The molecule has 0 aromatic rings. The smallest absolute Gasteiger partial charge is 0.0939 e. The molecule has 0 saturated carbocycles. The highest BCUT2D eigenvalue weighted by Gasteiger charge is 2.42. The van der Waals surface area contributed by atoms with Crippen molar-refractivity contribution in [3.8, 4) is 0 Å². The van der Waals surface area contributed by atoms with Crippen molar-refractivity contribution in [2.75, 3.05) is 25.6 Å². The molecule has 2 rings (SSSR count). The van der Waals surface area contributed by atoms with Crippen LogP contribution in [0.5, 0.6) is 0 Å². The number of hydrogen-bond donors (Lipinski definition) is 2. The molecule has 3 N–H and O–H groups in total. The Hall–Kier alpha value is 0.190. The van der Waals surface area contributed by atoms with Gasteiger partial charge in [0.15, 0.2) is 0 Å². The fourth-order valence-corrected chi connectivity index (χ4v) is 3.85. The number of nitrogens with two attached hydrogens (primary N) is 1. The highest BCUT2D eigenvalue weighted by atomic mass is 32.2. The van der Waals surface area contributed by atoms with Gasteiger partial charge in [0.05, 0.1) is 12.2 Å². The molecule has 0 bridgehead atoms. The Morgan fingerprint density at radius 2 is 2.28 bits per heavy atom. The Balaban J connectivity index is 1.89. The Morgan fingerprint density at radius 3 is 2.89 bits per heavy atom. The normalized spacial score (nSPS) is 34.3. The van der Waals surface area contributed by atoms with Crippen LogP contribution in [0.15, 0.2) is 0 Å². The van der Waals surface area contributed by atoms with E-state index in [1.54, 1.807) is 0 Å². The number of ether oxygens (including phenoxy) is 2. The van der Waals surface area contributed by atoms with E-state index < -0.39 is 0 Å². The quantitative estimate of drug-likeness (QED) is 0.588. The first-order valence-electron chi connectivity index (χ1n) is 6.95. The minimum Gasteiger partial charge on any atom is -0.378 e. The van der Waals surface area contributed by atoms with Crippen LogP contribution in [0.4, 0.5) is 0 Å². The Bertz CT molecular complexity index is 257. The second-order valence-corrected chi connectivity index (χ2v) is 7.35. The van der Waals surface area contributed by atoms with Crippen LogP contribution < -0.4 is 11.3 Å². The predicted octanol–water partition coefficient (Wildman–Crippen LogP) is 1.55. The third-order valence-electron chi connectivity index (χ3n) is 3.99. The maximum atomic E-state index is 5.98. The molecule has 0 amide bonds. The van der Waals surface area contributed by atoms with Gasteiger partial charge in [-0.05, 0) is 24.0 Å². The molecule has 3 atom stereocenters. The van der Waals surface area contributed by atoms with E-state index in [1.165, 1.54) is 0 Å². The van der Waals surface area contributed by atoms with Gasteiger partial charge in [-0.1, -0.05) is 13.8 Å². The third-order valence-corrected chi connectivity index (χ3v) is 5.21. The lowest BCUT2D eigenvalue weighted by Gasteiger charge is -2.40. The summed E-state index contributed by atoms with van der Waals surface area (Å²) in [5.41, 5.74) is 3.00. The third kappa shape index (κ3) is 3.61. The molecule has 0 aromatic heterocycles. The van der Waals surface area contributed by atoms with Crippen molar-refractivity contribution in [2.45, 2.75) is 50.0 Å². The number of nitrogens with one attached hydrogen (secondary N) is 1. The van der Waals surface area contributed by atoms with Crippen LogP contribution >= 0.6 is 11.8 Å². The molecule has 2 saturated heterocycles. The van der Waals surface area contributed by atoms with Gasteiger partial charge in [0.2, 0.25) is 0 Å². The predicted molar refractivity (Wildman–Crippen MR) is 75.5 cm³/mol. The highest BCUT2D eigenvalue weighted by Crippen LogP contribution is 2.37. The molecule has 2 heterocycles. The molecule has 106 valence electrons. The van der Waals surface area contributed by atoms with E-state index in [2.05, 4.69) is 19.3 Å². The van der Waals surface area contributed by atoms with Gasteiger partial charge < -0.3 is 9.47 Å². The Morgan fingerprint density at radius 1 is 1.44 bits per heavy atom. The molecule has 2 aliphatic heterocycles. The van der Waals surface area contributed by atoms with E-state index in [0.717, 1.165) is 44.8 Å². The summed E-state index contributed by atoms with van der Waals surface area (Å²) in [7, 11) is 0. The van der Waals surface area contributed by atoms with Gasteiger partial charge in [0.25, 0.3) is 0 Å². The fourth-order valence-electron chi connectivity index (χ4n) is 2.89. The van der Waals surface area contributed by atoms with Gasteiger partial charge in [0, 0.05) is 31.4 Å². The summed E-state index contributed by atoms with van der Waals surface area (Å²) in [4.78, 5) is 0. The first-order valence-corrected chi connectivity index (χ1v) is 7.99. The topological polar surface area (TPSA) is 56.5 Å². The number of hydrogen-bond acceptors (Lipinski definition) is 5. The van der Waals surface area contributed by atoms with Crippen molar-refractivity contribution in [1.29, 1.82) is 0 Å².